The van der Waals surface area contributed by atoms with Crippen molar-refractivity contribution in [2.45, 2.75) is 51.6 Å². The van der Waals surface area contributed by atoms with Gasteiger partial charge in [-0.05, 0) is 30.5 Å². The van der Waals surface area contributed by atoms with Crippen LogP contribution in [0.25, 0.3) is 10.9 Å². The van der Waals surface area contributed by atoms with Gasteiger partial charge in [0.1, 0.15) is 11.3 Å². The van der Waals surface area contributed by atoms with Crippen LogP contribution in [-0.4, -0.2) is 11.0 Å². The summed E-state index contributed by atoms with van der Waals surface area (Å²) in [5.41, 5.74) is 2.51. The van der Waals surface area contributed by atoms with Crippen LogP contribution in [0.5, 0.6) is 0 Å². The predicted molar refractivity (Wildman–Crippen MR) is 80.3 cm³/mol. The van der Waals surface area contributed by atoms with E-state index in [1.807, 2.05) is 6.07 Å². The quantitative estimate of drug-likeness (QED) is 0.916. The van der Waals surface area contributed by atoms with Crippen LogP contribution in [0.15, 0.2) is 24.3 Å². The molecule has 0 aliphatic heterocycles. The maximum atomic E-state index is 14.1. The average Bonchev–Trinajstić information content (AvgIpc) is 3.19. The van der Waals surface area contributed by atoms with Gasteiger partial charge in [-0.1, -0.05) is 32.9 Å². The van der Waals surface area contributed by atoms with Crippen LogP contribution in [0.1, 0.15) is 44.9 Å². The van der Waals surface area contributed by atoms with Crippen molar-refractivity contribution in [3.8, 4) is 0 Å². The molecule has 3 heteroatoms. The summed E-state index contributed by atoms with van der Waals surface area (Å²) < 4.78 is 14.1. The Kier molecular flexibility index (Phi) is 3.25. The fourth-order valence-corrected chi connectivity index (χ4v) is 2.36. The molecule has 1 aliphatic carbocycles. The average molecular weight is 272 g/mol. The van der Waals surface area contributed by atoms with Crippen molar-refractivity contribution in [3.05, 3.63) is 41.3 Å². The highest BCUT2D eigenvalue weighted by Gasteiger charge is 2.22. The zero-order valence-electron chi connectivity index (χ0n) is 12.3. The highest BCUT2D eigenvalue weighted by Crippen LogP contribution is 2.28. The molecule has 1 aromatic carbocycles. The van der Waals surface area contributed by atoms with Gasteiger partial charge in [-0.15, -0.1) is 0 Å². The van der Waals surface area contributed by atoms with Crippen molar-refractivity contribution in [2.75, 3.05) is 0 Å². The molecule has 0 atom stereocenters. The van der Waals surface area contributed by atoms with Crippen LogP contribution in [-0.2, 0) is 12.0 Å². The first-order valence-electron chi connectivity index (χ1n) is 7.27. The van der Waals surface area contributed by atoms with Crippen LogP contribution in [0.4, 0.5) is 4.39 Å². The van der Waals surface area contributed by atoms with Crippen molar-refractivity contribution in [1.29, 1.82) is 0 Å². The minimum absolute atomic E-state index is 0.0786. The number of nitrogens with one attached hydrogen (secondary N) is 1. The van der Waals surface area contributed by atoms with Gasteiger partial charge >= 0.3 is 0 Å². The summed E-state index contributed by atoms with van der Waals surface area (Å²) in [4.78, 5) is 4.55. The van der Waals surface area contributed by atoms with Crippen molar-refractivity contribution >= 4 is 10.9 Å². The van der Waals surface area contributed by atoms with E-state index in [1.54, 1.807) is 6.07 Å². The molecule has 2 aromatic rings. The highest BCUT2D eigenvalue weighted by atomic mass is 19.1. The van der Waals surface area contributed by atoms with Crippen LogP contribution >= 0.6 is 0 Å². The minimum Gasteiger partial charge on any atom is -0.310 e. The molecule has 3 rings (SSSR count). The number of aromatic nitrogens is 1. The number of para-hydroxylation sites is 1. The summed E-state index contributed by atoms with van der Waals surface area (Å²) in [6.07, 6.45) is 2.51. The molecule has 0 radical (unpaired) electrons. The van der Waals surface area contributed by atoms with E-state index in [2.05, 4.69) is 37.1 Å². The molecule has 1 fully saturated rings. The molecule has 0 unspecified atom stereocenters. The summed E-state index contributed by atoms with van der Waals surface area (Å²) >= 11 is 0. The molecule has 106 valence electrons. The largest absolute Gasteiger partial charge is 0.310 e. The number of rotatable bonds is 3. The summed E-state index contributed by atoms with van der Waals surface area (Å²) in [7, 11) is 0. The Morgan fingerprint density at radius 3 is 2.70 bits per heavy atom. The van der Waals surface area contributed by atoms with Crippen LogP contribution in [0.2, 0.25) is 0 Å². The molecule has 0 amide bonds. The van der Waals surface area contributed by atoms with Crippen molar-refractivity contribution in [1.82, 2.24) is 10.3 Å². The topological polar surface area (TPSA) is 24.9 Å². The summed E-state index contributed by atoms with van der Waals surface area (Å²) in [6.45, 7) is 7.12. The van der Waals surface area contributed by atoms with E-state index in [4.69, 9.17) is 0 Å². The maximum Gasteiger partial charge on any atom is 0.149 e. The maximum absolute atomic E-state index is 14.1. The predicted octanol–water partition coefficient (Wildman–Crippen LogP) is 3.92. The van der Waals surface area contributed by atoms with Gasteiger partial charge in [-0.3, -0.25) is 0 Å². The zero-order valence-corrected chi connectivity index (χ0v) is 12.3. The van der Waals surface area contributed by atoms with Gasteiger partial charge in [0.15, 0.2) is 0 Å². The Morgan fingerprint density at radius 2 is 2.05 bits per heavy atom. The SMILES string of the molecule is CC(C)(C)c1cc(CNC2CC2)c2cccc(F)c2n1. The second-order valence-electron chi connectivity index (χ2n) is 6.71. The third kappa shape index (κ3) is 2.68. The molecule has 1 aromatic heterocycles. The first-order valence-corrected chi connectivity index (χ1v) is 7.27. The molecule has 1 saturated carbocycles. The zero-order chi connectivity index (χ0) is 14.3. The second-order valence-corrected chi connectivity index (χ2v) is 6.71. The number of halogens is 1. The monoisotopic (exact) mass is 272 g/mol. The van der Waals surface area contributed by atoms with Gasteiger partial charge in [-0.25, -0.2) is 9.37 Å². The van der Waals surface area contributed by atoms with E-state index in [0.717, 1.165) is 23.2 Å². The lowest BCUT2D eigenvalue weighted by Gasteiger charge is -2.20. The lowest BCUT2D eigenvalue weighted by atomic mass is 9.89. The summed E-state index contributed by atoms with van der Waals surface area (Å²) in [6, 6.07) is 7.97. The molecule has 0 saturated heterocycles. The number of hydrogen-bond donors (Lipinski definition) is 1. The van der Waals surface area contributed by atoms with Crippen molar-refractivity contribution in [3.63, 3.8) is 0 Å². The smallest absolute Gasteiger partial charge is 0.149 e. The molecule has 1 N–H and O–H groups in total. The standard InChI is InChI=1S/C17H21FN2/c1-17(2,3)15-9-11(10-19-12-7-8-12)13-5-4-6-14(18)16(13)20-15/h4-6,9,12,19H,7-8,10H2,1-3H3. The number of hydrogen-bond acceptors (Lipinski definition) is 2. The normalized spacial score (nSPS) is 15.8. The Bertz CT molecular complexity index is 639. The highest BCUT2D eigenvalue weighted by molar-refractivity contribution is 5.83. The Balaban J connectivity index is 2.10. The van der Waals surface area contributed by atoms with Gasteiger partial charge in [0.2, 0.25) is 0 Å². The summed E-state index contributed by atoms with van der Waals surface area (Å²) in [5, 5.41) is 4.44. The molecule has 0 bridgehead atoms. The van der Waals surface area contributed by atoms with Gasteiger partial charge in [0.05, 0.1) is 0 Å². The third-order valence-corrected chi connectivity index (χ3v) is 3.80. The van der Waals surface area contributed by atoms with E-state index < -0.39 is 0 Å². The third-order valence-electron chi connectivity index (χ3n) is 3.80. The number of pyridine rings is 1. The number of fused-ring (bicyclic) bond motifs is 1. The van der Waals surface area contributed by atoms with Crippen molar-refractivity contribution in [2.24, 2.45) is 0 Å². The van der Waals surface area contributed by atoms with Gasteiger partial charge < -0.3 is 5.32 Å². The van der Waals surface area contributed by atoms with E-state index in [-0.39, 0.29) is 11.2 Å². The first-order chi connectivity index (χ1) is 9.45. The van der Waals surface area contributed by atoms with E-state index in [9.17, 15) is 4.39 Å². The second kappa shape index (κ2) is 4.81. The van der Waals surface area contributed by atoms with Crippen LogP contribution in [0, 0.1) is 5.82 Å². The molecular weight excluding hydrogens is 251 g/mol. The van der Waals surface area contributed by atoms with E-state index in [1.165, 1.54) is 18.9 Å². The van der Waals surface area contributed by atoms with Gasteiger partial charge in [-0.2, -0.15) is 0 Å². The van der Waals surface area contributed by atoms with E-state index in [0.29, 0.717) is 11.6 Å². The van der Waals surface area contributed by atoms with Gasteiger partial charge in [0.25, 0.3) is 0 Å². The number of benzene rings is 1. The molecule has 2 nitrogen and oxygen atoms in total. The molecule has 1 aliphatic rings. The fraction of sp³-hybridized carbons (Fsp3) is 0.471. The van der Waals surface area contributed by atoms with Crippen LogP contribution < -0.4 is 5.32 Å². The van der Waals surface area contributed by atoms with E-state index >= 15 is 0 Å². The molecular formula is C17H21FN2. The lowest BCUT2D eigenvalue weighted by Crippen LogP contribution is -2.18. The number of nitrogens with zero attached hydrogens (tertiary/aromatic N) is 1. The molecule has 20 heavy (non-hydrogen) atoms. The molecule has 1 heterocycles. The lowest BCUT2D eigenvalue weighted by molar-refractivity contribution is 0.566. The molecule has 0 spiro atoms. The Labute approximate surface area is 119 Å². The fourth-order valence-electron chi connectivity index (χ4n) is 2.36. The first kappa shape index (κ1) is 13.5. The Morgan fingerprint density at radius 1 is 1.30 bits per heavy atom. The summed E-state index contributed by atoms with van der Waals surface area (Å²) in [5.74, 6) is -0.235. The Hall–Kier alpha value is -1.48. The minimum atomic E-state index is -0.235. The van der Waals surface area contributed by atoms with Crippen LogP contribution in [0.3, 0.4) is 0 Å². The van der Waals surface area contributed by atoms with Crippen molar-refractivity contribution < 1.29 is 4.39 Å². The van der Waals surface area contributed by atoms with Gasteiger partial charge in [0, 0.05) is 29.1 Å².